The Morgan fingerprint density at radius 1 is 1.30 bits per heavy atom. The molecule has 37 heavy (non-hydrogen) atoms. The van der Waals surface area contributed by atoms with E-state index in [4.69, 9.17) is 32.1 Å². The first-order chi connectivity index (χ1) is 17.6. The Bertz CT molecular complexity index is 1150. The Hall–Kier alpha value is -3.86. The van der Waals surface area contributed by atoms with Gasteiger partial charge < -0.3 is 37.3 Å². The van der Waals surface area contributed by atoms with Gasteiger partial charge in [0.2, 0.25) is 17.8 Å². The second-order valence-electron chi connectivity index (χ2n) is 7.96. The summed E-state index contributed by atoms with van der Waals surface area (Å²) in [5, 5.41) is 12.3. The number of carbonyl (C=O) groups is 3. The fraction of sp³-hybridized carbons (Fsp3) is 0.550. The van der Waals surface area contributed by atoms with E-state index in [0.29, 0.717) is 25.1 Å². The van der Waals surface area contributed by atoms with Crippen LogP contribution in [-0.2, 0) is 30.6 Å². The van der Waals surface area contributed by atoms with E-state index in [9.17, 15) is 19.2 Å². The first kappa shape index (κ1) is 29.4. The van der Waals surface area contributed by atoms with Crippen LogP contribution in [0.1, 0.15) is 19.8 Å². The minimum atomic E-state index is -0.840. The second-order valence-corrected chi connectivity index (χ2v) is 8.99. The Kier molecular flexibility index (Phi) is 11.6. The van der Waals surface area contributed by atoms with Gasteiger partial charge in [0.25, 0.3) is 5.56 Å². The van der Waals surface area contributed by atoms with Crippen LogP contribution in [0, 0.1) is 11.3 Å². The lowest BCUT2D eigenvalue weighted by molar-refractivity contribution is -0.142. The number of hydrogen-bond donors (Lipinski definition) is 7. The number of nitrogen functional groups attached to an aromatic ring is 1. The minimum Gasteiger partial charge on any atom is -0.463 e. The molecule has 2 aromatic rings. The molecule has 2 atom stereocenters. The van der Waals surface area contributed by atoms with Gasteiger partial charge in [0.15, 0.2) is 17.1 Å². The van der Waals surface area contributed by atoms with Crippen molar-refractivity contribution in [2.24, 2.45) is 17.4 Å². The lowest BCUT2D eigenvalue weighted by Gasteiger charge is -2.18. The van der Waals surface area contributed by atoms with Crippen LogP contribution in [-0.4, -0.2) is 80.6 Å². The predicted octanol–water partition coefficient (Wildman–Crippen LogP) is -2.18. The Balaban J connectivity index is 1.61. The minimum absolute atomic E-state index is 0.0109. The number of primary amides is 1. The number of nitrogens with zero attached hydrogens (tertiary/aromatic N) is 3. The highest BCUT2D eigenvalue weighted by molar-refractivity contribution is 7.99. The third kappa shape index (κ3) is 9.96. The van der Waals surface area contributed by atoms with Crippen LogP contribution in [0.15, 0.2) is 11.1 Å². The third-order valence-electron chi connectivity index (χ3n) is 4.89. The number of H-pyrrole nitrogens is 1. The van der Waals surface area contributed by atoms with Gasteiger partial charge in [-0.15, -0.1) is 11.8 Å². The fourth-order valence-electron chi connectivity index (χ4n) is 3.01. The van der Waals surface area contributed by atoms with Crippen molar-refractivity contribution in [1.82, 2.24) is 30.2 Å². The molecule has 16 nitrogen and oxygen atoms in total. The maximum Gasteiger partial charge on any atom is 0.315 e. The molecule has 0 aliphatic rings. The standard InChI is InChI=1S/C20H32N10O6S/c1-11(17(33)27-12(15(21)32)3-2-4-25-19(22)23)7-37-8-13(31)36-6-5-35-10-30-9-26-14-16(30)28-20(24)29-18(14)34/h9,11-12H,2-8,10H2,1H3,(H2,21,32)(H,27,33)(H4,22,23,25)(H3,24,28,29,34)/t11-,12+/m0/s1. The maximum absolute atomic E-state index is 12.4. The number of carbonyl (C=O) groups excluding carboxylic acids is 3. The van der Waals surface area contributed by atoms with Gasteiger partial charge in [0.05, 0.1) is 18.7 Å². The van der Waals surface area contributed by atoms with Gasteiger partial charge >= 0.3 is 5.97 Å². The number of ether oxygens (including phenoxy) is 2. The van der Waals surface area contributed by atoms with Gasteiger partial charge in [-0.1, -0.05) is 6.92 Å². The van der Waals surface area contributed by atoms with E-state index in [-0.39, 0.29) is 54.7 Å². The molecule has 17 heteroatoms. The van der Waals surface area contributed by atoms with Crippen LogP contribution in [0.5, 0.6) is 0 Å². The van der Waals surface area contributed by atoms with Gasteiger partial charge in [0.1, 0.15) is 19.4 Å². The number of guanidine groups is 1. The molecule has 2 amide bonds. The smallest absolute Gasteiger partial charge is 0.315 e. The Labute approximate surface area is 215 Å². The molecule has 0 aromatic carbocycles. The van der Waals surface area contributed by atoms with Gasteiger partial charge in [-0.2, -0.15) is 4.98 Å². The molecule has 0 radical (unpaired) electrons. The molecule has 0 saturated carbocycles. The summed E-state index contributed by atoms with van der Waals surface area (Å²) < 4.78 is 12.0. The van der Waals surface area contributed by atoms with Crippen molar-refractivity contribution in [3.8, 4) is 0 Å². The lowest BCUT2D eigenvalue weighted by atomic mass is 10.1. The molecule has 2 rings (SSSR count). The SMILES string of the molecule is C[C@@H](CSCC(=O)OCCOCn1cnc2c(=O)[nH]c(N)nc21)C(=O)N[C@H](CCCNC(=N)N)C(N)=O. The average Bonchev–Trinajstić information content (AvgIpc) is 3.23. The molecule has 204 valence electrons. The van der Waals surface area contributed by atoms with Gasteiger partial charge in [-0.3, -0.25) is 34.1 Å². The summed E-state index contributed by atoms with van der Waals surface area (Å²) in [5.74, 6) is -1.81. The number of aromatic amines is 1. The van der Waals surface area contributed by atoms with Crippen molar-refractivity contribution in [3.63, 3.8) is 0 Å². The number of aromatic nitrogens is 4. The molecule has 0 aliphatic heterocycles. The number of imidazole rings is 1. The van der Waals surface area contributed by atoms with Crippen LogP contribution < -0.4 is 33.4 Å². The molecule has 0 unspecified atom stereocenters. The zero-order valence-corrected chi connectivity index (χ0v) is 21.1. The number of esters is 1. The summed E-state index contributed by atoms with van der Waals surface area (Å²) in [5.41, 5.74) is 16.0. The van der Waals surface area contributed by atoms with E-state index in [1.54, 1.807) is 6.92 Å². The first-order valence-electron chi connectivity index (χ1n) is 11.3. The summed E-state index contributed by atoms with van der Waals surface area (Å²) in [6.07, 6.45) is 2.18. The third-order valence-corrected chi connectivity index (χ3v) is 6.07. The number of rotatable bonds is 16. The molecule has 10 N–H and O–H groups in total. The lowest BCUT2D eigenvalue weighted by Crippen LogP contribution is -2.47. The normalized spacial score (nSPS) is 12.6. The average molecular weight is 541 g/mol. The van der Waals surface area contributed by atoms with Crippen molar-refractivity contribution in [2.75, 3.05) is 37.0 Å². The zero-order chi connectivity index (χ0) is 27.4. The van der Waals surface area contributed by atoms with Crippen molar-refractivity contribution in [2.45, 2.75) is 32.5 Å². The van der Waals surface area contributed by atoms with Crippen molar-refractivity contribution in [1.29, 1.82) is 5.41 Å². The monoisotopic (exact) mass is 540 g/mol. The fourth-order valence-corrected chi connectivity index (χ4v) is 3.88. The number of nitrogens with two attached hydrogens (primary N) is 3. The summed E-state index contributed by atoms with van der Waals surface area (Å²) in [6.45, 7) is 2.19. The zero-order valence-electron chi connectivity index (χ0n) is 20.3. The van der Waals surface area contributed by atoms with Crippen LogP contribution in [0.4, 0.5) is 5.95 Å². The number of anilines is 1. The topological polar surface area (TPSA) is 259 Å². The van der Waals surface area contributed by atoms with Crippen molar-refractivity contribution in [3.05, 3.63) is 16.7 Å². The number of fused-ring (bicyclic) bond motifs is 1. The molecule has 0 saturated heterocycles. The Morgan fingerprint density at radius 2 is 2.05 bits per heavy atom. The number of amides is 2. The highest BCUT2D eigenvalue weighted by Gasteiger charge is 2.21. The van der Waals surface area contributed by atoms with Gasteiger partial charge in [0, 0.05) is 18.2 Å². The number of thioether (sulfide) groups is 1. The summed E-state index contributed by atoms with van der Waals surface area (Å²) in [6, 6.07) is -0.840. The predicted molar refractivity (Wildman–Crippen MR) is 136 cm³/mol. The highest BCUT2D eigenvalue weighted by Crippen LogP contribution is 2.10. The summed E-state index contributed by atoms with van der Waals surface area (Å²) >= 11 is 1.22. The quantitative estimate of drug-likeness (QED) is 0.0519. The van der Waals surface area contributed by atoms with Gasteiger partial charge in [-0.05, 0) is 12.8 Å². The molecule has 0 fully saturated rings. The van der Waals surface area contributed by atoms with Crippen LogP contribution in [0.2, 0.25) is 0 Å². The van der Waals surface area contributed by atoms with Crippen molar-refractivity contribution < 1.29 is 23.9 Å². The summed E-state index contributed by atoms with van der Waals surface area (Å²) in [4.78, 5) is 58.0. The molecular formula is C20H32N10O6S. The molecule has 2 heterocycles. The molecule has 0 aliphatic carbocycles. The van der Waals surface area contributed by atoms with Crippen LogP contribution in [0.25, 0.3) is 11.2 Å². The van der Waals surface area contributed by atoms with E-state index in [1.165, 1.54) is 22.7 Å². The van der Waals surface area contributed by atoms with Crippen molar-refractivity contribution >= 4 is 52.6 Å². The maximum atomic E-state index is 12.4. The van der Waals surface area contributed by atoms with Gasteiger partial charge in [-0.25, -0.2) is 4.98 Å². The largest absolute Gasteiger partial charge is 0.463 e. The van der Waals surface area contributed by atoms with E-state index in [0.717, 1.165) is 0 Å². The number of hydrogen-bond acceptors (Lipinski definition) is 11. The molecule has 2 aromatic heterocycles. The first-order valence-corrected chi connectivity index (χ1v) is 12.4. The highest BCUT2D eigenvalue weighted by atomic mass is 32.2. The Morgan fingerprint density at radius 3 is 2.76 bits per heavy atom. The molecule has 0 bridgehead atoms. The van der Waals surface area contributed by atoms with E-state index >= 15 is 0 Å². The summed E-state index contributed by atoms with van der Waals surface area (Å²) in [7, 11) is 0. The van der Waals surface area contributed by atoms with E-state index in [1.807, 2.05) is 0 Å². The number of nitrogens with one attached hydrogen (secondary N) is 4. The van der Waals surface area contributed by atoms with E-state index in [2.05, 4.69) is 25.6 Å². The van der Waals surface area contributed by atoms with Crippen LogP contribution in [0.3, 0.4) is 0 Å². The second kappa shape index (κ2) is 14.6. The molecule has 0 spiro atoms. The molecular weight excluding hydrogens is 508 g/mol. The van der Waals surface area contributed by atoms with E-state index < -0.39 is 29.4 Å². The van der Waals surface area contributed by atoms with Crippen LogP contribution >= 0.6 is 11.8 Å².